The van der Waals surface area contributed by atoms with Gasteiger partial charge in [0.15, 0.2) is 5.01 Å². The van der Waals surface area contributed by atoms with Crippen LogP contribution in [0.2, 0.25) is 0 Å². The fourth-order valence-corrected chi connectivity index (χ4v) is 5.03. The van der Waals surface area contributed by atoms with Gasteiger partial charge in [-0.15, -0.1) is 17.8 Å². The van der Waals surface area contributed by atoms with Gasteiger partial charge in [-0.2, -0.15) is 13.2 Å². The number of nitrogens with zero attached hydrogens (tertiary/aromatic N) is 3. The van der Waals surface area contributed by atoms with Crippen LogP contribution in [0.15, 0.2) is 47.8 Å². The minimum absolute atomic E-state index is 0.0549. The van der Waals surface area contributed by atoms with Crippen molar-refractivity contribution in [3.63, 3.8) is 0 Å². The molecule has 1 atom stereocenters. The van der Waals surface area contributed by atoms with Gasteiger partial charge in [-0.25, -0.2) is 4.98 Å². The van der Waals surface area contributed by atoms with Crippen LogP contribution in [0.25, 0.3) is 0 Å². The highest BCUT2D eigenvalue weighted by Gasteiger charge is 2.38. The maximum Gasteiger partial charge on any atom is 0.416 e. The van der Waals surface area contributed by atoms with Crippen molar-refractivity contribution in [3.05, 3.63) is 75.2 Å². The van der Waals surface area contributed by atoms with Gasteiger partial charge >= 0.3 is 6.18 Å². The second-order valence-corrected chi connectivity index (χ2v) is 10.3. The van der Waals surface area contributed by atoms with Crippen LogP contribution < -0.4 is 15.4 Å². The molecule has 1 aliphatic rings. The van der Waals surface area contributed by atoms with Crippen molar-refractivity contribution < 1.29 is 27.5 Å². The molecular formula is C28H27F3N4O3S. The minimum atomic E-state index is -4.61. The third-order valence-corrected chi connectivity index (χ3v) is 7.01. The maximum absolute atomic E-state index is 13.9. The van der Waals surface area contributed by atoms with Crippen LogP contribution in [0.3, 0.4) is 0 Å². The van der Waals surface area contributed by atoms with Gasteiger partial charge < -0.3 is 20.3 Å². The quantitative estimate of drug-likeness (QED) is 0.381. The predicted molar refractivity (Wildman–Crippen MR) is 142 cm³/mol. The zero-order valence-corrected chi connectivity index (χ0v) is 22.2. The molecule has 7 nitrogen and oxygen atoms in total. The van der Waals surface area contributed by atoms with Gasteiger partial charge in [0.05, 0.1) is 23.9 Å². The molecule has 1 fully saturated rings. The Morgan fingerprint density at radius 2 is 2.00 bits per heavy atom. The molecule has 204 valence electrons. The number of carbonyl (C=O) groups excluding carboxylic acids is 2. The number of rotatable bonds is 9. The number of benzene rings is 2. The number of amides is 2. The summed E-state index contributed by atoms with van der Waals surface area (Å²) in [5.41, 5.74) is 6.32. The highest BCUT2D eigenvalue weighted by Crippen LogP contribution is 2.37. The molecule has 1 aliphatic heterocycles. The van der Waals surface area contributed by atoms with E-state index >= 15 is 0 Å². The van der Waals surface area contributed by atoms with E-state index in [4.69, 9.17) is 16.9 Å². The molecule has 0 bridgehead atoms. The molecular weight excluding hydrogens is 529 g/mol. The van der Waals surface area contributed by atoms with Crippen molar-refractivity contribution >= 4 is 28.8 Å². The van der Waals surface area contributed by atoms with Crippen LogP contribution in [-0.4, -0.2) is 40.4 Å². The monoisotopic (exact) mass is 556 g/mol. The number of ether oxygens (including phenoxy) is 1. The lowest BCUT2D eigenvalue weighted by Gasteiger charge is -2.31. The second kappa shape index (κ2) is 11.4. The lowest BCUT2D eigenvalue weighted by molar-refractivity contribution is -0.137. The first kappa shape index (κ1) is 28.0. The van der Waals surface area contributed by atoms with Gasteiger partial charge in [0, 0.05) is 35.8 Å². The average Bonchev–Trinajstić information content (AvgIpc) is 3.48. The normalized spacial score (nSPS) is 15.5. The first-order chi connectivity index (χ1) is 18.4. The maximum atomic E-state index is 13.9. The lowest BCUT2D eigenvalue weighted by Crippen LogP contribution is -2.41. The number of hydrogen-bond donors (Lipinski definition) is 1. The molecule has 2 heterocycles. The summed E-state index contributed by atoms with van der Waals surface area (Å²) in [5, 5.41) is 2.18. The molecule has 0 saturated carbocycles. The highest BCUT2D eigenvalue weighted by molar-refractivity contribution is 7.10. The number of hydrogen-bond acceptors (Lipinski definition) is 6. The van der Waals surface area contributed by atoms with E-state index in [2.05, 4.69) is 10.9 Å². The van der Waals surface area contributed by atoms with Crippen molar-refractivity contribution in [2.45, 2.75) is 51.7 Å². The van der Waals surface area contributed by atoms with Crippen molar-refractivity contribution in [1.82, 2.24) is 9.88 Å². The Hall–Kier alpha value is -4.04. The molecule has 1 saturated heterocycles. The molecule has 1 unspecified atom stereocenters. The smallest absolute Gasteiger partial charge is 0.416 e. The van der Waals surface area contributed by atoms with Crippen molar-refractivity contribution in [2.24, 2.45) is 5.73 Å². The number of nitrogens with two attached hydrogens (primary N) is 1. The molecule has 0 radical (unpaired) electrons. The van der Waals surface area contributed by atoms with E-state index in [0.717, 1.165) is 17.7 Å². The van der Waals surface area contributed by atoms with Gasteiger partial charge in [0.25, 0.3) is 0 Å². The molecule has 3 aromatic rings. The summed E-state index contributed by atoms with van der Waals surface area (Å²) < 4.78 is 47.2. The van der Waals surface area contributed by atoms with E-state index in [0.29, 0.717) is 29.2 Å². The van der Waals surface area contributed by atoms with E-state index in [1.165, 1.54) is 17.4 Å². The molecule has 0 aliphatic carbocycles. The molecule has 2 N–H and O–H groups in total. The van der Waals surface area contributed by atoms with Gasteiger partial charge in [-0.1, -0.05) is 12.1 Å². The molecule has 11 heteroatoms. The Balaban J connectivity index is 1.68. The lowest BCUT2D eigenvalue weighted by atomic mass is 10.1. The Labute approximate surface area is 228 Å². The van der Waals surface area contributed by atoms with Crippen molar-refractivity contribution in [2.75, 3.05) is 11.4 Å². The van der Waals surface area contributed by atoms with Crippen molar-refractivity contribution in [1.29, 1.82) is 0 Å². The van der Waals surface area contributed by atoms with Gasteiger partial charge in [-0.3, -0.25) is 9.59 Å². The van der Waals surface area contributed by atoms with Gasteiger partial charge in [0.2, 0.25) is 11.8 Å². The van der Waals surface area contributed by atoms with E-state index in [9.17, 15) is 22.8 Å². The number of carbonyl (C=O) groups is 2. The van der Waals surface area contributed by atoms with E-state index in [1.807, 2.05) is 0 Å². The van der Waals surface area contributed by atoms with Crippen LogP contribution in [0, 0.1) is 12.3 Å². The summed E-state index contributed by atoms with van der Waals surface area (Å²) in [7, 11) is 0. The molecule has 1 aromatic heterocycles. The fourth-order valence-electron chi connectivity index (χ4n) is 4.42. The third-order valence-electron chi connectivity index (χ3n) is 6.19. The molecule has 39 heavy (non-hydrogen) atoms. The standard InChI is InChI=1S/C28H27F3N4O3S/c1-4-25-33-21(16-39-25)15-35(22-11-20(28(29,30)31)12-23(13-22)38-17(2)3)24-9-10-34(27(24)37)14-18-5-7-19(8-6-18)26(32)36/h1,5-8,11-13,16-17,24H,9-10,14-15H2,2-3H3,(H2,32,36). The number of halogens is 3. The first-order valence-electron chi connectivity index (χ1n) is 12.2. The number of anilines is 1. The average molecular weight is 557 g/mol. The minimum Gasteiger partial charge on any atom is -0.491 e. The number of thiazole rings is 1. The van der Waals surface area contributed by atoms with Crippen LogP contribution in [0.4, 0.5) is 18.9 Å². The Kier molecular flexibility index (Phi) is 8.16. The Morgan fingerprint density at radius 3 is 2.59 bits per heavy atom. The summed E-state index contributed by atoms with van der Waals surface area (Å²) in [5.74, 6) is 1.73. The Bertz CT molecular complexity index is 1400. The topological polar surface area (TPSA) is 88.8 Å². The zero-order valence-electron chi connectivity index (χ0n) is 21.4. The van der Waals surface area contributed by atoms with Crippen molar-refractivity contribution in [3.8, 4) is 18.1 Å². The molecule has 0 spiro atoms. The van der Waals surface area contributed by atoms with Gasteiger partial charge in [-0.05, 0) is 56.0 Å². The van der Waals surface area contributed by atoms with Crippen LogP contribution in [-0.2, 0) is 24.1 Å². The van der Waals surface area contributed by atoms with E-state index < -0.39 is 23.7 Å². The first-order valence-corrected chi connectivity index (χ1v) is 13.1. The van der Waals surface area contributed by atoms with Gasteiger partial charge in [0.1, 0.15) is 11.8 Å². The highest BCUT2D eigenvalue weighted by atomic mass is 32.1. The summed E-state index contributed by atoms with van der Waals surface area (Å²) in [6, 6.07) is 9.39. The van der Waals surface area contributed by atoms with Crippen LogP contribution in [0.1, 0.15) is 52.5 Å². The number of terminal acetylenes is 1. The summed E-state index contributed by atoms with van der Waals surface area (Å²) in [4.78, 5) is 32.6. The second-order valence-electron chi connectivity index (χ2n) is 9.42. The number of primary amides is 1. The number of alkyl halides is 3. The SMILES string of the molecule is C#Cc1nc(CN(c2cc(OC(C)C)cc(C(F)(F)F)c2)C2CCN(Cc3ccc(C(N)=O)cc3)C2=O)cs1. The summed E-state index contributed by atoms with van der Waals surface area (Å²) >= 11 is 1.25. The summed E-state index contributed by atoms with van der Waals surface area (Å²) in [6.45, 7) is 4.21. The largest absolute Gasteiger partial charge is 0.491 e. The molecule has 2 aromatic carbocycles. The number of likely N-dealkylation sites (tertiary alicyclic amines) is 1. The zero-order chi connectivity index (χ0) is 28.3. The summed E-state index contributed by atoms with van der Waals surface area (Å²) in [6.07, 6.45) is 0.882. The van der Waals surface area contributed by atoms with Crippen LogP contribution >= 0.6 is 11.3 Å². The molecule has 2 amide bonds. The molecule has 4 rings (SSSR count). The fraction of sp³-hybridized carbons (Fsp3) is 0.321. The van der Waals surface area contributed by atoms with E-state index in [1.54, 1.807) is 53.3 Å². The predicted octanol–water partition coefficient (Wildman–Crippen LogP) is 4.84. The van der Waals surface area contributed by atoms with Crippen LogP contribution in [0.5, 0.6) is 5.75 Å². The number of aromatic nitrogens is 1. The Morgan fingerprint density at radius 1 is 1.28 bits per heavy atom. The van der Waals surface area contributed by atoms with E-state index in [-0.39, 0.29) is 36.5 Å². The third kappa shape index (κ3) is 6.70.